The third-order valence-electron chi connectivity index (χ3n) is 3.25. The Morgan fingerprint density at radius 2 is 1.92 bits per heavy atom. The molecule has 1 heterocycles. The standard InChI is InChI=1S/C15H8ClF3N2O2S/c16-9-4-5-12-11(7-9)13(21(22)23)14(24-12)20-10-3-1-2-8(6-10)15(17,18)19/h1-7,20H. The highest BCUT2D eigenvalue weighted by Crippen LogP contribution is 2.44. The smallest absolute Gasteiger partial charge is 0.341 e. The topological polar surface area (TPSA) is 55.2 Å². The van der Waals surface area contributed by atoms with E-state index in [1.807, 2.05) is 0 Å². The number of nitrogens with one attached hydrogen (secondary N) is 1. The van der Waals surface area contributed by atoms with E-state index >= 15 is 0 Å². The van der Waals surface area contributed by atoms with Crippen LogP contribution in [0.15, 0.2) is 42.5 Å². The second-order valence-electron chi connectivity index (χ2n) is 4.88. The molecule has 0 saturated heterocycles. The molecule has 0 unspecified atom stereocenters. The Morgan fingerprint density at radius 3 is 2.58 bits per heavy atom. The number of halogens is 4. The van der Waals surface area contributed by atoms with Gasteiger partial charge in [-0.3, -0.25) is 10.1 Å². The molecule has 0 atom stereocenters. The van der Waals surface area contributed by atoms with Gasteiger partial charge < -0.3 is 5.32 Å². The molecule has 24 heavy (non-hydrogen) atoms. The molecule has 0 spiro atoms. The second kappa shape index (κ2) is 5.95. The van der Waals surface area contributed by atoms with Crippen LogP contribution in [-0.2, 0) is 6.18 Å². The van der Waals surface area contributed by atoms with Crippen LogP contribution in [0.4, 0.5) is 29.5 Å². The highest BCUT2D eigenvalue weighted by atomic mass is 35.5. The van der Waals surface area contributed by atoms with Crippen molar-refractivity contribution in [2.75, 3.05) is 5.32 Å². The van der Waals surface area contributed by atoms with E-state index in [1.165, 1.54) is 18.2 Å². The first-order chi connectivity index (χ1) is 11.3. The number of fused-ring (bicyclic) bond motifs is 1. The van der Waals surface area contributed by atoms with Crippen molar-refractivity contribution in [1.29, 1.82) is 0 Å². The molecular formula is C15H8ClF3N2O2S. The van der Waals surface area contributed by atoms with Crippen molar-refractivity contribution in [1.82, 2.24) is 0 Å². The molecule has 1 N–H and O–H groups in total. The molecule has 0 aliphatic carbocycles. The molecule has 124 valence electrons. The fourth-order valence-electron chi connectivity index (χ4n) is 2.23. The Bertz CT molecular complexity index is 940. The van der Waals surface area contributed by atoms with Gasteiger partial charge in [0.1, 0.15) is 0 Å². The van der Waals surface area contributed by atoms with E-state index in [4.69, 9.17) is 11.6 Å². The fraction of sp³-hybridized carbons (Fsp3) is 0.0667. The van der Waals surface area contributed by atoms with E-state index in [2.05, 4.69) is 5.32 Å². The number of rotatable bonds is 3. The third-order valence-corrected chi connectivity index (χ3v) is 4.56. The molecule has 9 heteroatoms. The highest BCUT2D eigenvalue weighted by molar-refractivity contribution is 7.23. The number of nitrogens with zero attached hydrogens (tertiary/aromatic N) is 1. The summed E-state index contributed by atoms with van der Waals surface area (Å²) >= 11 is 6.95. The number of thiophene rings is 1. The molecule has 0 amide bonds. The quantitative estimate of drug-likeness (QED) is 0.438. The number of nitro groups is 1. The molecule has 0 aliphatic heterocycles. The molecule has 0 fully saturated rings. The van der Waals surface area contributed by atoms with Gasteiger partial charge in [-0.05, 0) is 36.4 Å². The van der Waals surface area contributed by atoms with Gasteiger partial charge in [-0.15, -0.1) is 11.3 Å². The van der Waals surface area contributed by atoms with E-state index in [-0.39, 0.29) is 16.4 Å². The fourth-order valence-corrected chi connectivity index (χ4v) is 3.47. The first-order valence-corrected chi connectivity index (χ1v) is 7.76. The molecule has 0 radical (unpaired) electrons. The molecule has 4 nitrogen and oxygen atoms in total. The minimum Gasteiger partial charge on any atom is -0.341 e. The van der Waals surface area contributed by atoms with Crippen molar-refractivity contribution in [3.63, 3.8) is 0 Å². The van der Waals surface area contributed by atoms with Crippen molar-refractivity contribution in [2.24, 2.45) is 0 Å². The van der Waals surface area contributed by atoms with Crippen molar-refractivity contribution in [3.05, 3.63) is 63.2 Å². The van der Waals surface area contributed by atoms with Crippen LogP contribution in [0.2, 0.25) is 5.02 Å². The van der Waals surface area contributed by atoms with E-state index < -0.39 is 16.7 Å². The van der Waals surface area contributed by atoms with Crippen molar-refractivity contribution < 1.29 is 18.1 Å². The SMILES string of the molecule is O=[N+]([O-])c1c(Nc2cccc(C(F)(F)F)c2)sc2ccc(Cl)cc12. The Balaban J connectivity index is 2.07. The van der Waals surface area contributed by atoms with E-state index in [0.29, 0.717) is 15.1 Å². The van der Waals surface area contributed by atoms with Crippen LogP contribution >= 0.6 is 22.9 Å². The number of hydrogen-bond donors (Lipinski definition) is 1. The predicted molar refractivity (Wildman–Crippen MR) is 88.2 cm³/mol. The lowest BCUT2D eigenvalue weighted by Crippen LogP contribution is -2.05. The zero-order valence-corrected chi connectivity index (χ0v) is 13.3. The molecule has 0 saturated carbocycles. The Morgan fingerprint density at radius 1 is 1.17 bits per heavy atom. The average molecular weight is 373 g/mol. The van der Waals surface area contributed by atoms with Crippen molar-refractivity contribution in [3.8, 4) is 0 Å². The Labute approximate surface area is 142 Å². The second-order valence-corrected chi connectivity index (χ2v) is 6.37. The molecule has 3 aromatic rings. The molecule has 2 aromatic carbocycles. The van der Waals surface area contributed by atoms with E-state index in [1.54, 1.807) is 12.1 Å². The Hall–Kier alpha value is -2.32. The average Bonchev–Trinajstić information content (AvgIpc) is 2.83. The molecular weight excluding hydrogens is 365 g/mol. The van der Waals surface area contributed by atoms with Gasteiger partial charge in [-0.2, -0.15) is 13.2 Å². The molecule has 0 bridgehead atoms. The largest absolute Gasteiger partial charge is 0.416 e. The number of benzene rings is 2. The zero-order chi connectivity index (χ0) is 17.5. The molecule has 3 rings (SSSR count). The van der Waals surface area contributed by atoms with Crippen LogP contribution in [0.5, 0.6) is 0 Å². The third kappa shape index (κ3) is 3.15. The minimum absolute atomic E-state index is 0.116. The van der Waals surface area contributed by atoms with Gasteiger partial charge in [-0.25, -0.2) is 0 Å². The first kappa shape index (κ1) is 16.5. The summed E-state index contributed by atoms with van der Waals surface area (Å²) < 4.78 is 38.9. The zero-order valence-electron chi connectivity index (χ0n) is 11.7. The number of anilines is 2. The summed E-state index contributed by atoms with van der Waals surface area (Å²) in [5.41, 5.74) is -0.931. The van der Waals surface area contributed by atoms with Gasteiger partial charge in [-0.1, -0.05) is 17.7 Å². The lowest BCUT2D eigenvalue weighted by Gasteiger charge is -2.09. The number of hydrogen-bond acceptors (Lipinski definition) is 4. The van der Waals surface area contributed by atoms with Crippen LogP contribution in [0, 0.1) is 10.1 Å². The van der Waals surface area contributed by atoms with Crippen LogP contribution in [0.1, 0.15) is 5.56 Å². The summed E-state index contributed by atoms with van der Waals surface area (Å²) in [6.07, 6.45) is -4.49. The van der Waals surface area contributed by atoms with Crippen molar-refractivity contribution >= 4 is 49.4 Å². The summed E-state index contributed by atoms with van der Waals surface area (Å²) in [4.78, 5) is 10.8. The maximum atomic E-state index is 12.8. The molecule has 0 aliphatic rings. The van der Waals surface area contributed by atoms with Gasteiger partial charge >= 0.3 is 11.9 Å². The summed E-state index contributed by atoms with van der Waals surface area (Å²) in [7, 11) is 0. The normalized spacial score (nSPS) is 11.7. The lowest BCUT2D eigenvalue weighted by atomic mass is 10.2. The van der Waals surface area contributed by atoms with Crippen LogP contribution in [0.3, 0.4) is 0 Å². The summed E-state index contributed by atoms with van der Waals surface area (Å²) in [5.74, 6) is 0. The van der Waals surface area contributed by atoms with Crippen LogP contribution < -0.4 is 5.32 Å². The lowest BCUT2D eigenvalue weighted by molar-refractivity contribution is -0.381. The minimum atomic E-state index is -4.49. The maximum absolute atomic E-state index is 12.8. The van der Waals surface area contributed by atoms with Gasteiger partial charge in [0.25, 0.3) is 0 Å². The van der Waals surface area contributed by atoms with Crippen molar-refractivity contribution in [2.45, 2.75) is 6.18 Å². The van der Waals surface area contributed by atoms with Gasteiger partial charge in [0.2, 0.25) is 0 Å². The molecule has 1 aromatic heterocycles. The Kier molecular flexibility index (Phi) is 4.10. The van der Waals surface area contributed by atoms with Crippen LogP contribution in [-0.4, -0.2) is 4.92 Å². The first-order valence-electron chi connectivity index (χ1n) is 6.56. The van der Waals surface area contributed by atoms with E-state index in [9.17, 15) is 23.3 Å². The van der Waals surface area contributed by atoms with Gasteiger partial charge in [0.05, 0.1) is 15.9 Å². The predicted octanol–water partition coefficient (Wildman–Crippen LogP) is 6.23. The summed E-state index contributed by atoms with van der Waals surface area (Å²) in [6.45, 7) is 0. The van der Waals surface area contributed by atoms with Crippen LogP contribution in [0.25, 0.3) is 10.1 Å². The van der Waals surface area contributed by atoms with Gasteiger partial charge in [0, 0.05) is 15.4 Å². The highest BCUT2D eigenvalue weighted by Gasteiger charge is 2.30. The number of alkyl halides is 3. The summed E-state index contributed by atoms with van der Waals surface area (Å²) in [6, 6.07) is 9.18. The maximum Gasteiger partial charge on any atom is 0.416 e. The summed E-state index contributed by atoms with van der Waals surface area (Å²) in [5, 5.41) is 14.9. The van der Waals surface area contributed by atoms with Gasteiger partial charge in [0.15, 0.2) is 5.00 Å². The monoisotopic (exact) mass is 372 g/mol. The van der Waals surface area contributed by atoms with E-state index in [0.717, 1.165) is 23.5 Å².